The summed E-state index contributed by atoms with van der Waals surface area (Å²) in [7, 11) is 0. The van der Waals surface area contributed by atoms with Gasteiger partial charge in [0.15, 0.2) is 0 Å². The van der Waals surface area contributed by atoms with Gasteiger partial charge in [-0.3, -0.25) is 0 Å². The summed E-state index contributed by atoms with van der Waals surface area (Å²) in [6.07, 6.45) is 8.15. The van der Waals surface area contributed by atoms with Crippen LogP contribution in [0, 0.1) is 34.0 Å². The van der Waals surface area contributed by atoms with E-state index in [-0.39, 0.29) is 29.0 Å². The number of fused-ring (bicyclic) bond motifs is 3. The maximum absolute atomic E-state index is 10.9. The second kappa shape index (κ2) is 4.74. The summed E-state index contributed by atoms with van der Waals surface area (Å²) >= 11 is 0. The number of rotatable bonds is 1. The van der Waals surface area contributed by atoms with Gasteiger partial charge in [-0.25, -0.2) is 0 Å². The minimum absolute atomic E-state index is 0.110. The second-order valence-corrected chi connectivity index (χ2v) is 10.4. The van der Waals surface area contributed by atoms with Crippen LogP contribution in [0.5, 0.6) is 0 Å². The predicted octanol–water partition coefficient (Wildman–Crippen LogP) is 3.11. The van der Waals surface area contributed by atoms with Crippen molar-refractivity contribution < 1.29 is 15.3 Å². The number of aliphatic hydroxyl groups is 3. The van der Waals surface area contributed by atoms with Gasteiger partial charge in [-0.2, -0.15) is 0 Å². The molecule has 23 heavy (non-hydrogen) atoms. The molecule has 2 bridgehead atoms. The molecule has 4 aliphatic rings. The lowest BCUT2D eigenvalue weighted by Gasteiger charge is -2.64. The van der Waals surface area contributed by atoms with E-state index in [9.17, 15) is 15.3 Å². The van der Waals surface area contributed by atoms with Gasteiger partial charge in [0.05, 0.1) is 11.7 Å². The van der Waals surface area contributed by atoms with Crippen LogP contribution in [0.4, 0.5) is 0 Å². The fraction of sp³-hybridized carbons (Fsp3) is 1.00. The summed E-state index contributed by atoms with van der Waals surface area (Å²) in [6.45, 7) is 6.82. The standard InChI is InChI=1S/C20H34O3/c1-17(12-21)9-14(22)10-18(2)15(17)6-7-20-8-13(4-5-16(18)20)19(3,23)11-20/h13-16,21-23H,4-12H2,1-3H3/t13-,14+,15+,16-,17+,18+,19+,20-/m0/s1. The molecule has 0 radical (unpaired) electrons. The van der Waals surface area contributed by atoms with Crippen molar-refractivity contribution in [3.05, 3.63) is 0 Å². The molecule has 8 atom stereocenters. The highest BCUT2D eigenvalue weighted by Gasteiger charge is 2.67. The van der Waals surface area contributed by atoms with E-state index < -0.39 is 5.60 Å². The van der Waals surface area contributed by atoms with Crippen LogP contribution in [-0.4, -0.2) is 33.6 Å². The second-order valence-electron chi connectivity index (χ2n) is 10.4. The van der Waals surface area contributed by atoms with Crippen molar-refractivity contribution >= 4 is 0 Å². The van der Waals surface area contributed by atoms with Crippen LogP contribution < -0.4 is 0 Å². The van der Waals surface area contributed by atoms with Crippen molar-refractivity contribution in [2.45, 2.75) is 83.8 Å². The van der Waals surface area contributed by atoms with E-state index in [1.807, 2.05) is 0 Å². The molecule has 3 heteroatoms. The topological polar surface area (TPSA) is 60.7 Å². The Morgan fingerprint density at radius 2 is 1.70 bits per heavy atom. The molecule has 0 aromatic carbocycles. The monoisotopic (exact) mass is 322 g/mol. The largest absolute Gasteiger partial charge is 0.396 e. The molecule has 3 nitrogen and oxygen atoms in total. The maximum atomic E-state index is 10.9. The average molecular weight is 322 g/mol. The fourth-order valence-corrected chi connectivity index (χ4v) is 8.25. The average Bonchev–Trinajstić information content (AvgIpc) is 2.62. The molecular formula is C20H34O3. The van der Waals surface area contributed by atoms with E-state index in [0.29, 0.717) is 17.8 Å². The summed E-state index contributed by atoms with van der Waals surface area (Å²) in [5.74, 6) is 1.57. The first-order valence-corrected chi connectivity index (χ1v) is 9.67. The smallest absolute Gasteiger partial charge is 0.0653 e. The van der Waals surface area contributed by atoms with Gasteiger partial charge in [-0.05, 0) is 92.3 Å². The van der Waals surface area contributed by atoms with E-state index in [1.54, 1.807) is 0 Å². The lowest BCUT2D eigenvalue weighted by molar-refractivity contribution is -0.185. The van der Waals surface area contributed by atoms with Gasteiger partial charge in [0.1, 0.15) is 0 Å². The first kappa shape index (κ1) is 16.4. The van der Waals surface area contributed by atoms with Crippen LogP contribution >= 0.6 is 0 Å². The molecular weight excluding hydrogens is 288 g/mol. The molecule has 4 saturated carbocycles. The van der Waals surface area contributed by atoms with Crippen molar-refractivity contribution in [3.8, 4) is 0 Å². The molecule has 4 rings (SSSR count). The molecule has 0 unspecified atom stereocenters. The summed E-state index contributed by atoms with van der Waals surface area (Å²) in [4.78, 5) is 0. The molecule has 132 valence electrons. The van der Waals surface area contributed by atoms with Gasteiger partial charge in [0, 0.05) is 6.61 Å². The van der Waals surface area contributed by atoms with Gasteiger partial charge in [-0.15, -0.1) is 0 Å². The Labute approximate surface area is 140 Å². The third-order valence-corrected chi connectivity index (χ3v) is 8.89. The number of aliphatic hydroxyl groups excluding tert-OH is 2. The first-order chi connectivity index (χ1) is 10.7. The maximum Gasteiger partial charge on any atom is 0.0653 e. The highest BCUT2D eigenvalue weighted by molar-refractivity contribution is 5.16. The lowest BCUT2D eigenvalue weighted by Crippen LogP contribution is -2.59. The van der Waals surface area contributed by atoms with Crippen molar-refractivity contribution in [1.29, 1.82) is 0 Å². The highest BCUT2D eigenvalue weighted by Crippen LogP contribution is 2.72. The quantitative estimate of drug-likeness (QED) is 0.695. The third kappa shape index (κ3) is 2.05. The van der Waals surface area contributed by atoms with E-state index in [0.717, 1.165) is 32.1 Å². The van der Waals surface area contributed by atoms with Crippen LogP contribution in [0.15, 0.2) is 0 Å². The molecule has 0 aliphatic heterocycles. The SMILES string of the molecule is C[C@]1(CO)C[C@@H](O)C[C@]2(C)[C@@H]1CC[C@@]13C[C@H](CC[C@H]12)[C@](C)(O)C3. The van der Waals surface area contributed by atoms with Gasteiger partial charge in [0.25, 0.3) is 0 Å². The Morgan fingerprint density at radius 3 is 2.39 bits per heavy atom. The van der Waals surface area contributed by atoms with Gasteiger partial charge in [-0.1, -0.05) is 13.8 Å². The van der Waals surface area contributed by atoms with Crippen LogP contribution in [0.2, 0.25) is 0 Å². The molecule has 1 spiro atoms. The number of hydrogen-bond donors (Lipinski definition) is 3. The Kier molecular flexibility index (Phi) is 3.37. The van der Waals surface area contributed by atoms with Crippen molar-refractivity contribution in [1.82, 2.24) is 0 Å². The zero-order valence-electron chi connectivity index (χ0n) is 15.0. The lowest BCUT2D eigenvalue weighted by atomic mass is 9.40. The normalized spacial score (nSPS) is 61.8. The zero-order chi connectivity index (χ0) is 16.7. The Balaban J connectivity index is 1.74. The third-order valence-electron chi connectivity index (χ3n) is 8.89. The minimum Gasteiger partial charge on any atom is -0.396 e. The van der Waals surface area contributed by atoms with Gasteiger partial charge in [0.2, 0.25) is 0 Å². The summed E-state index contributed by atoms with van der Waals surface area (Å²) in [6, 6.07) is 0. The van der Waals surface area contributed by atoms with Crippen LogP contribution in [0.3, 0.4) is 0 Å². The van der Waals surface area contributed by atoms with Crippen molar-refractivity contribution in [2.24, 2.45) is 34.0 Å². The van der Waals surface area contributed by atoms with Crippen LogP contribution in [-0.2, 0) is 0 Å². The van der Waals surface area contributed by atoms with Gasteiger partial charge >= 0.3 is 0 Å². The highest BCUT2D eigenvalue weighted by atomic mass is 16.3. The van der Waals surface area contributed by atoms with Crippen molar-refractivity contribution in [2.75, 3.05) is 6.61 Å². The molecule has 4 aliphatic carbocycles. The molecule has 0 aromatic heterocycles. The molecule has 0 aromatic rings. The van der Waals surface area contributed by atoms with E-state index >= 15 is 0 Å². The predicted molar refractivity (Wildman–Crippen MR) is 89.8 cm³/mol. The summed E-state index contributed by atoms with van der Waals surface area (Å²) in [5, 5.41) is 31.5. The summed E-state index contributed by atoms with van der Waals surface area (Å²) < 4.78 is 0. The van der Waals surface area contributed by atoms with Gasteiger partial charge < -0.3 is 15.3 Å². The molecule has 3 N–H and O–H groups in total. The van der Waals surface area contributed by atoms with Crippen LogP contribution in [0.1, 0.15) is 72.1 Å². The first-order valence-electron chi connectivity index (χ1n) is 9.67. The van der Waals surface area contributed by atoms with E-state index in [2.05, 4.69) is 20.8 Å². The zero-order valence-corrected chi connectivity index (χ0v) is 15.0. The molecule has 0 saturated heterocycles. The van der Waals surface area contributed by atoms with E-state index in [1.165, 1.54) is 19.3 Å². The number of hydrogen-bond acceptors (Lipinski definition) is 3. The van der Waals surface area contributed by atoms with E-state index in [4.69, 9.17) is 0 Å². The molecule has 0 amide bonds. The Morgan fingerprint density at radius 1 is 0.957 bits per heavy atom. The molecule has 4 fully saturated rings. The minimum atomic E-state index is -0.495. The Hall–Kier alpha value is -0.120. The van der Waals surface area contributed by atoms with Crippen LogP contribution in [0.25, 0.3) is 0 Å². The summed E-state index contributed by atoms with van der Waals surface area (Å²) in [5.41, 5.74) is -0.249. The van der Waals surface area contributed by atoms with Crippen molar-refractivity contribution in [3.63, 3.8) is 0 Å². The Bertz CT molecular complexity index is 503. The fourth-order valence-electron chi connectivity index (χ4n) is 8.25. The molecule has 0 heterocycles.